The van der Waals surface area contributed by atoms with Crippen molar-refractivity contribution in [1.82, 2.24) is 0 Å². The zero-order valence-corrected chi connectivity index (χ0v) is 10.4. The van der Waals surface area contributed by atoms with E-state index < -0.39 is 57.3 Å². The third kappa shape index (κ3) is 2.18. The second-order valence-corrected chi connectivity index (χ2v) is 3.97. The van der Waals surface area contributed by atoms with Gasteiger partial charge >= 0.3 is 23.9 Å². The van der Waals surface area contributed by atoms with Crippen molar-refractivity contribution in [2.24, 2.45) is 0 Å². The molecular weight excluding hydrogens is 272 g/mol. The highest BCUT2D eigenvalue weighted by Crippen LogP contribution is 2.28. The zero-order chi connectivity index (χ0) is 15.8. The van der Waals surface area contributed by atoms with Gasteiger partial charge in [-0.2, -0.15) is 0 Å². The first kappa shape index (κ1) is 15.2. The van der Waals surface area contributed by atoms with E-state index in [1.54, 1.807) is 0 Å². The van der Waals surface area contributed by atoms with E-state index in [9.17, 15) is 19.2 Å². The molecule has 0 heterocycles. The third-order valence-electron chi connectivity index (χ3n) is 2.86. The van der Waals surface area contributed by atoms with E-state index in [-0.39, 0.29) is 0 Å². The summed E-state index contributed by atoms with van der Waals surface area (Å²) in [6.45, 7) is 2.12. The van der Waals surface area contributed by atoms with Crippen LogP contribution in [0.4, 0.5) is 0 Å². The standard InChI is InChI=1S/C12H10O8/c1-3-5(9(13)14)7(11(17)18)4(2)8(12(19)20)6(3)10(15)16/h1-2H3,(H,13,14)(H,15,16)(H,17,18)(H,19,20). The molecule has 0 bridgehead atoms. The molecule has 0 saturated carbocycles. The number of benzene rings is 1. The van der Waals surface area contributed by atoms with Crippen LogP contribution in [-0.4, -0.2) is 44.3 Å². The van der Waals surface area contributed by atoms with Gasteiger partial charge in [0.1, 0.15) is 0 Å². The van der Waals surface area contributed by atoms with E-state index in [0.717, 1.165) is 13.8 Å². The van der Waals surface area contributed by atoms with E-state index in [1.165, 1.54) is 0 Å². The minimum absolute atomic E-state index is 0.412. The van der Waals surface area contributed by atoms with E-state index in [0.29, 0.717) is 0 Å². The van der Waals surface area contributed by atoms with Crippen LogP contribution in [0.5, 0.6) is 0 Å². The fraction of sp³-hybridized carbons (Fsp3) is 0.167. The summed E-state index contributed by atoms with van der Waals surface area (Å²) < 4.78 is 0. The Morgan fingerprint density at radius 3 is 0.800 bits per heavy atom. The highest BCUT2D eigenvalue weighted by molar-refractivity contribution is 6.12. The fourth-order valence-corrected chi connectivity index (χ4v) is 2.07. The number of carboxylic acid groups (broad SMARTS) is 4. The van der Waals surface area contributed by atoms with Crippen LogP contribution >= 0.6 is 0 Å². The van der Waals surface area contributed by atoms with E-state index in [1.807, 2.05) is 0 Å². The van der Waals surface area contributed by atoms with Crippen molar-refractivity contribution in [2.45, 2.75) is 13.8 Å². The summed E-state index contributed by atoms with van der Waals surface area (Å²) in [7, 11) is 0. The number of carboxylic acids is 4. The molecule has 0 atom stereocenters. The molecule has 8 heteroatoms. The molecule has 0 aliphatic rings. The Morgan fingerprint density at radius 1 is 0.550 bits per heavy atom. The average molecular weight is 282 g/mol. The molecule has 0 aliphatic carbocycles. The lowest BCUT2D eigenvalue weighted by Gasteiger charge is -2.15. The number of carbonyl (C=O) groups is 4. The van der Waals surface area contributed by atoms with Gasteiger partial charge in [0.25, 0.3) is 0 Å². The maximum absolute atomic E-state index is 11.2. The summed E-state index contributed by atoms with van der Waals surface area (Å²) in [5, 5.41) is 36.2. The van der Waals surface area contributed by atoms with Crippen molar-refractivity contribution in [3.8, 4) is 0 Å². The minimum Gasteiger partial charge on any atom is -0.478 e. The Morgan fingerprint density at radius 2 is 0.700 bits per heavy atom. The number of rotatable bonds is 4. The van der Waals surface area contributed by atoms with E-state index >= 15 is 0 Å². The molecular formula is C12H10O8. The summed E-state index contributed by atoms with van der Waals surface area (Å²) in [5.74, 6) is -6.55. The first-order valence-electron chi connectivity index (χ1n) is 5.21. The van der Waals surface area contributed by atoms with Crippen LogP contribution in [0.2, 0.25) is 0 Å². The lowest BCUT2D eigenvalue weighted by Crippen LogP contribution is -2.21. The van der Waals surface area contributed by atoms with Crippen molar-refractivity contribution >= 4 is 23.9 Å². The quantitative estimate of drug-likeness (QED) is 0.641. The molecule has 1 aromatic rings. The van der Waals surface area contributed by atoms with Gasteiger partial charge in [-0.15, -0.1) is 0 Å². The summed E-state index contributed by atoms with van der Waals surface area (Å²) in [5.41, 5.74) is -3.72. The predicted molar refractivity (Wildman–Crippen MR) is 63.8 cm³/mol. The Bertz CT molecular complexity index is 546. The smallest absolute Gasteiger partial charge is 0.336 e. The van der Waals surface area contributed by atoms with Gasteiger partial charge in [-0.1, -0.05) is 0 Å². The number of aromatic carboxylic acids is 4. The molecule has 4 N–H and O–H groups in total. The van der Waals surface area contributed by atoms with Crippen LogP contribution in [0, 0.1) is 13.8 Å². The van der Waals surface area contributed by atoms with Crippen LogP contribution in [0.3, 0.4) is 0 Å². The van der Waals surface area contributed by atoms with Gasteiger partial charge in [-0.25, -0.2) is 19.2 Å². The summed E-state index contributed by atoms with van der Waals surface area (Å²) in [6.07, 6.45) is 0. The zero-order valence-electron chi connectivity index (χ0n) is 10.4. The summed E-state index contributed by atoms with van der Waals surface area (Å²) >= 11 is 0. The molecule has 1 aromatic carbocycles. The van der Waals surface area contributed by atoms with Crippen molar-refractivity contribution < 1.29 is 39.6 Å². The Hall–Kier alpha value is -2.90. The largest absolute Gasteiger partial charge is 0.478 e. The van der Waals surface area contributed by atoms with Crippen LogP contribution in [0.15, 0.2) is 0 Å². The molecule has 106 valence electrons. The van der Waals surface area contributed by atoms with Crippen molar-refractivity contribution in [1.29, 1.82) is 0 Å². The van der Waals surface area contributed by atoms with Gasteiger partial charge in [0.2, 0.25) is 0 Å². The van der Waals surface area contributed by atoms with Gasteiger partial charge in [-0.05, 0) is 25.0 Å². The molecule has 0 aliphatic heterocycles. The maximum atomic E-state index is 11.2. The first-order chi connectivity index (χ1) is 9.11. The van der Waals surface area contributed by atoms with E-state index in [2.05, 4.69) is 0 Å². The van der Waals surface area contributed by atoms with Gasteiger partial charge in [-0.3, -0.25) is 0 Å². The molecule has 0 fully saturated rings. The molecule has 20 heavy (non-hydrogen) atoms. The molecule has 1 rings (SSSR count). The molecule has 0 unspecified atom stereocenters. The van der Waals surface area contributed by atoms with Crippen molar-refractivity contribution in [3.05, 3.63) is 33.4 Å². The first-order valence-corrected chi connectivity index (χ1v) is 5.21. The minimum atomic E-state index is -1.64. The Balaban J connectivity index is 4.10. The second-order valence-electron chi connectivity index (χ2n) is 3.97. The SMILES string of the molecule is Cc1c(C(=O)O)c(C(=O)O)c(C)c(C(=O)O)c1C(=O)O. The second kappa shape index (κ2) is 5.00. The Kier molecular flexibility index (Phi) is 3.79. The van der Waals surface area contributed by atoms with Gasteiger partial charge < -0.3 is 20.4 Å². The number of hydrogen-bond acceptors (Lipinski definition) is 4. The Labute approximate surface area is 111 Å². The normalized spacial score (nSPS) is 10.1. The monoisotopic (exact) mass is 282 g/mol. The fourth-order valence-electron chi connectivity index (χ4n) is 2.07. The predicted octanol–water partition coefficient (Wildman–Crippen LogP) is 1.10. The van der Waals surface area contributed by atoms with Crippen molar-refractivity contribution in [2.75, 3.05) is 0 Å². The molecule has 0 radical (unpaired) electrons. The van der Waals surface area contributed by atoms with Crippen LogP contribution in [-0.2, 0) is 0 Å². The van der Waals surface area contributed by atoms with E-state index in [4.69, 9.17) is 20.4 Å². The van der Waals surface area contributed by atoms with Gasteiger partial charge in [0, 0.05) is 0 Å². The maximum Gasteiger partial charge on any atom is 0.336 e. The van der Waals surface area contributed by atoms with Gasteiger partial charge in [0.15, 0.2) is 0 Å². The average Bonchev–Trinajstić information content (AvgIpc) is 2.28. The molecule has 0 aromatic heterocycles. The van der Waals surface area contributed by atoms with Crippen molar-refractivity contribution in [3.63, 3.8) is 0 Å². The van der Waals surface area contributed by atoms with Crippen LogP contribution in [0.25, 0.3) is 0 Å². The van der Waals surface area contributed by atoms with Crippen LogP contribution < -0.4 is 0 Å². The van der Waals surface area contributed by atoms with Gasteiger partial charge in [0.05, 0.1) is 22.3 Å². The molecule has 0 saturated heterocycles. The lowest BCUT2D eigenvalue weighted by atomic mass is 9.87. The van der Waals surface area contributed by atoms with Crippen LogP contribution in [0.1, 0.15) is 52.6 Å². The molecule has 0 amide bonds. The summed E-state index contributed by atoms with van der Waals surface area (Å²) in [4.78, 5) is 44.6. The molecule has 0 spiro atoms. The molecule has 8 nitrogen and oxygen atoms in total. The highest BCUT2D eigenvalue weighted by atomic mass is 16.4. The lowest BCUT2D eigenvalue weighted by molar-refractivity contribution is 0.0634. The topological polar surface area (TPSA) is 149 Å². The number of hydrogen-bond donors (Lipinski definition) is 4. The summed E-state index contributed by atoms with van der Waals surface area (Å²) in [6, 6.07) is 0. The highest BCUT2D eigenvalue weighted by Gasteiger charge is 2.32. The third-order valence-corrected chi connectivity index (χ3v) is 2.86.